The summed E-state index contributed by atoms with van der Waals surface area (Å²) in [6.45, 7) is 0.887. The number of alkyl halides is 1. The van der Waals surface area contributed by atoms with E-state index in [1.54, 1.807) is 0 Å². The molecule has 1 atom stereocenters. The lowest BCUT2D eigenvalue weighted by atomic mass is 9.97. The molecule has 1 aliphatic rings. The van der Waals surface area contributed by atoms with Gasteiger partial charge in [-0.15, -0.1) is 0 Å². The smallest absolute Gasteiger partial charge is 0.0835 e. The standard InChI is InChI=1S/C10H15BrN2O/c1-13-5-3-9(12-13)7-10(8-11)4-2-6-14-10/h3,5H,2,4,6-8H2,1H3. The minimum Gasteiger partial charge on any atom is -0.374 e. The molecule has 0 aliphatic carbocycles. The SMILES string of the molecule is Cn1ccc(CC2(CBr)CCCO2)n1. The van der Waals surface area contributed by atoms with Crippen LogP contribution in [-0.4, -0.2) is 27.3 Å². The Morgan fingerprint density at radius 1 is 1.71 bits per heavy atom. The topological polar surface area (TPSA) is 27.1 Å². The highest BCUT2D eigenvalue weighted by molar-refractivity contribution is 9.09. The van der Waals surface area contributed by atoms with Gasteiger partial charge in [-0.2, -0.15) is 5.10 Å². The summed E-state index contributed by atoms with van der Waals surface area (Å²) in [5, 5.41) is 5.28. The Hall–Kier alpha value is -0.350. The van der Waals surface area contributed by atoms with Gasteiger partial charge in [0.1, 0.15) is 0 Å². The van der Waals surface area contributed by atoms with Crippen LogP contribution in [0.3, 0.4) is 0 Å². The summed E-state index contributed by atoms with van der Waals surface area (Å²) in [6, 6.07) is 2.06. The number of halogens is 1. The highest BCUT2D eigenvalue weighted by atomic mass is 79.9. The Labute approximate surface area is 92.6 Å². The minimum atomic E-state index is -0.00560. The molecular weight excluding hydrogens is 244 g/mol. The summed E-state index contributed by atoms with van der Waals surface area (Å²) in [7, 11) is 1.94. The molecule has 14 heavy (non-hydrogen) atoms. The van der Waals surface area contributed by atoms with Crippen LogP contribution in [0, 0.1) is 0 Å². The molecule has 4 heteroatoms. The molecule has 1 aromatic heterocycles. The molecule has 0 aromatic carbocycles. The normalized spacial score (nSPS) is 27.0. The fourth-order valence-corrected chi connectivity index (χ4v) is 2.58. The highest BCUT2D eigenvalue weighted by Crippen LogP contribution is 2.30. The molecule has 1 saturated heterocycles. The summed E-state index contributed by atoms with van der Waals surface area (Å²) in [4.78, 5) is 0. The number of hydrogen-bond donors (Lipinski definition) is 0. The molecule has 0 N–H and O–H groups in total. The van der Waals surface area contributed by atoms with Gasteiger partial charge in [0.05, 0.1) is 11.3 Å². The van der Waals surface area contributed by atoms with Crippen molar-refractivity contribution in [2.24, 2.45) is 7.05 Å². The van der Waals surface area contributed by atoms with Gasteiger partial charge in [0.25, 0.3) is 0 Å². The van der Waals surface area contributed by atoms with Crippen LogP contribution in [0.5, 0.6) is 0 Å². The molecule has 1 aromatic rings. The van der Waals surface area contributed by atoms with E-state index >= 15 is 0 Å². The zero-order valence-corrected chi connectivity index (χ0v) is 9.96. The zero-order chi connectivity index (χ0) is 10.0. The number of nitrogens with zero attached hydrogens (tertiary/aromatic N) is 2. The van der Waals surface area contributed by atoms with Gasteiger partial charge in [0.15, 0.2) is 0 Å². The maximum absolute atomic E-state index is 5.81. The van der Waals surface area contributed by atoms with E-state index in [1.807, 2.05) is 17.9 Å². The number of rotatable bonds is 3. The summed E-state index contributed by atoms with van der Waals surface area (Å²) >= 11 is 3.54. The van der Waals surface area contributed by atoms with E-state index in [0.29, 0.717) is 0 Å². The van der Waals surface area contributed by atoms with Crippen LogP contribution >= 0.6 is 15.9 Å². The zero-order valence-electron chi connectivity index (χ0n) is 8.37. The third-order valence-corrected chi connectivity index (χ3v) is 3.72. The minimum absolute atomic E-state index is 0.00560. The van der Waals surface area contributed by atoms with E-state index in [2.05, 4.69) is 27.1 Å². The molecule has 0 radical (unpaired) electrons. The predicted molar refractivity (Wildman–Crippen MR) is 58.6 cm³/mol. The molecular formula is C10H15BrN2O. The van der Waals surface area contributed by atoms with Gasteiger partial charge >= 0.3 is 0 Å². The number of ether oxygens (including phenoxy) is 1. The first kappa shape index (κ1) is 10.2. The number of aromatic nitrogens is 2. The summed E-state index contributed by atoms with van der Waals surface area (Å²) in [5.41, 5.74) is 1.11. The second kappa shape index (κ2) is 4.03. The number of aryl methyl sites for hydroxylation is 1. The lowest BCUT2D eigenvalue weighted by molar-refractivity contribution is 0.0251. The predicted octanol–water partition coefficient (Wildman–Crippen LogP) is 1.91. The van der Waals surface area contributed by atoms with Crippen molar-refractivity contribution in [1.82, 2.24) is 9.78 Å². The van der Waals surface area contributed by atoms with E-state index in [9.17, 15) is 0 Å². The van der Waals surface area contributed by atoms with Crippen molar-refractivity contribution >= 4 is 15.9 Å². The second-order valence-electron chi connectivity index (χ2n) is 3.93. The van der Waals surface area contributed by atoms with Gasteiger partial charge in [-0.1, -0.05) is 15.9 Å². The Kier molecular flexibility index (Phi) is 2.93. The fourth-order valence-electron chi connectivity index (χ4n) is 1.93. The van der Waals surface area contributed by atoms with Gasteiger partial charge < -0.3 is 4.74 Å². The first-order valence-electron chi connectivity index (χ1n) is 4.93. The van der Waals surface area contributed by atoms with E-state index in [0.717, 1.165) is 30.5 Å². The Morgan fingerprint density at radius 3 is 3.07 bits per heavy atom. The molecule has 1 fully saturated rings. The van der Waals surface area contributed by atoms with Crippen molar-refractivity contribution < 1.29 is 4.74 Å². The van der Waals surface area contributed by atoms with Crippen molar-refractivity contribution in [3.8, 4) is 0 Å². The van der Waals surface area contributed by atoms with Gasteiger partial charge in [0.2, 0.25) is 0 Å². The quantitative estimate of drug-likeness (QED) is 0.775. The summed E-state index contributed by atoms with van der Waals surface area (Å²) < 4.78 is 7.65. The van der Waals surface area contributed by atoms with Crippen molar-refractivity contribution in [1.29, 1.82) is 0 Å². The highest BCUT2D eigenvalue weighted by Gasteiger charge is 2.34. The van der Waals surface area contributed by atoms with Gasteiger partial charge in [-0.05, 0) is 18.9 Å². The van der Waals surface area contributed by atoms with Crippen molar-refractivity contribution in [3.05, 3.63) is 18.0 Å². The molecule has 0 amide bonds. The Bertz CT molecular complexity index is 305. The van der Waals surface area contributed by atoms with E-state index in [4.69, 9.17) is 4.74 Å². The molecule has 3 nitrogen and oxygen atoms in total. The van der Waals surface area contributed by atoms with Gasteiger partial charge in [-0.25, -0.2) is 0 Å². The molecule has 0 spiro atoms. The molecule has 0 bridgehead atoms. The van der Waals surface area contributed by atoms with Gasteiger partial charge in [0, 0.05) is 31.6 Å². The average Bonchev–Trinajstić information content (AvgIpc) is 2.77. The van der Waals surface area contributed by atoms with Gasteiger partial charge in [-0.3, -0.25) is 4.68 Å². The van der Waals surface area contributed by atoms with Crippen LogP contribution in [0.15, 0.2) is 12.3 Å². The first-order valence-corrected chi connectivity index (χ1v) is 6.05. The van der Waals surface area contributed by atoms with Crippen LogP contribution in [-0.2, 0) is 18.2 Å². The summed E-state index contributed by atoms with van der Waals surface area (Å²) in [6.07, 6.45) is 5.19. The molecule has 2 heterocycles. The van der Waals surface area contributed by atoms with E-state index in [-0.39, 0.29) is 5.60 Å². The molecule has 2 rings (SSSR count). The lowest BCUT2D eigenvalue weighted by Crippen LogP contribution is -2.32. The fraction of sp³-hybridized carbons (Fsp3) is 0.700. The maximum atomic E-state index is 5.81. The van der Waals surface area contributed by atoms with Crippen molar-refractivity contribution in [2.75, 3.05) is 11.9 Å². The first-order chi connectivity index (χ1) is 6.74. The third kappa shape index (κ3) is 2.01. The van der Waals surface area contributed by atoms with Crippen LogP contribution in [0.25, 0.3) is 0 Å². The van der Waals surface area contributed by atoms with Crippen molar-refractivity contribution in [3.63, 3.8) is 0 Å². The Morgan fingerprint density at radius 2 is 2.57 bits per heavy atom. The average molecular weight is 259 g/mol. The molecule has 78 valence electrons. The molecule has 1 unspecified atom stereocenters. The Balaban J connectivity index is 2.08. The van der Waals surface area contributed by atoms with Crippen molar-refractivity contribution in [2.45, 2.75) is 24.9 Å². The van der Waals surface area contributed by atoms with Crippen LogP contribution in [0.1, 0.15) is 18.5 Å². The summed E-state index contributed by atoms with van der Waals surface area (Å²) in [5.74, 6) is 0. The van der Waals surface area contributed by atoms with E-state index < -0.39 is 0 Å². The van der Waals surface area contributed by atoms with Crippen LogP contribution < -0.4 is 0 Å². The largest absolute Gasteiger partial charge is 0.374 e. The van der Waals surface area contributed by atoms with E-state index in [1.165, 1.54) is 6.42 Å². The monoisotopic (exact) mass is 258 g/mol. The molecule has 1 aliphatic heterocycles. The lowest BCUT2D eigenvalue weighted by Gasteiger charge is -2.24. The van der Waals surface area contributed by atoms with Crippen LogP contribution in [0.2, 0.25) is 0 Å². The molecule has 0 saturated carbocycles. The third-order valence-electron chi connectivity index (χ3n) is 2.70. The maximum Gasteiger partial charge on any atom is 0.0835 e. The van der Waals surface area contributed by atoms with Crippen LogP contribution in [0.4, 0.5) is 0 Å². The number of hydrogen-bond acceptors (Lipinski definition) is 2. The second-order valence-corrected chi connectivity index (χ2v) is 4.49.